The number of nitrogens with one attached hydrogen (secondary N) is 1. The molecule has 2 aromatic rings. The molecule has 1 fully saturated rings. The Hall–Kier alpha value is -2.79. The number of sulfone groups is 1. The molecule has 30 heavy (non-hydrogen) atoms. The third-order valence-electron chi connectivity index (χ3n) is 5.19. The van der Waals surface area contributed by atoms with E-state index in [1.165, 1.54) is 30.1 Å². The van der Waals surface area contributed by atoms with Crippen molar-refractivity contribution >= 4 is 21.7 Å². The molecule has 2 amide bonds. The van der Waals surface area contributed by atoms with Gasteiger partial charge in [-0.3, -0.25) is 9.59 Å². The van der Waals surface area contributed by atoms with Crippen LogP contribution in [0.2, 0.25) is 0 Å². The molecule has 0 saturated carbocycles. The summed E-state index contributed by atoms with van der Waals surface area (Å²) in [7, 11) is -2.02. The normalized spacial score (nSPS) is 16.3. The van der Waals surface area contributed by atoms with Gasteiger partial charge in [0.2, 0.25) is 5.91 Å². The molecule has 0 spiro atoms. The van der Waals surface area contributed by atoms with Gasteiger partial charge in [0.15, 0.2) is 15.5 Å². The molecular formula is C19H25N5O5S. The van der Waals surface area contributed by atoms with Gasteiger partial charge in [-0.15, -0.1) is 5.10 Å². The van der Waals surface area contributed by atoms with Crippen molar-refractivity contribution in [2.24, 2.45) is 0 Å². The van der Waals surface area contributed by atoms with E-state index in [4.69, 9.17) is 0 Å². The SMILES string of the molecule is CNC(=O)c1cn(CC2(O)CCN(C(=O)CCS(=O)(=O)c3ccccc3)CC2)nn1. The summed E-state index contributed by atoms with van der Waals surface area (Å²) in [5, 5.41) is 20.9. The van der Waals surface area contributed by atoms with Gasteiger partial charge in [-0.25, -0.2) is 13.1 Å². The average Bonchev–Trinajstić information content (AvgIpc) is 3.20. The van der Waals surface area contributed by atoms with E-state index >= 15 is 0 Å². The molecule has 0 unspecified atom stereocenters. The molecule has 1 aliphatic heterocycles. The molecule has 1 saturated heterocycles. The van der Waals surface area contributed by atoms with Gasteiger partial charge < -0.3 is 15.3 Å². The van der Waals surface area contributed by atoms with Gasteiger partial charge in [0.1, 0.15) is 0 Å². The first-order valence-electron chi connectivity index (χ1n) is 9.63. The van der Waals surface area contributed by atoms with E-state index in [-0.39, 0.29) is 41.1 Å². The maximum absolute atomic E-state index is 12.5. The van der Waals surface area contributed by atoms with E-state index in [1.54, 1.807) is 23.1 Å². The number of amides is 2. The van der Waals surface area contributed by atoms with Crippen LogP contribution in [0.3, 0.4) is 0 Å². The quantitative estimate of drug-likeness (QED) is 0.618. The number of likely N-dealkylation sites (tertiary alicyclic amines) is 1. The Kier molecular flexibility index (Phi) is 6.52. The molecule has 2 heterocycles. The monoisotopic (exact) mass is 435 g/mol. The second-order valence-corrected chi connectivity index (χ2v) is 9.48. The Labute approximate surface area is 174 Å². The van der Waals surface area contributed by atoms with E-state index in [9.17, 15) is 23.1 Å². The topological polar surface area (TPSA) is 134 Å². The number of carbonyl (C=O) groups excluding carboxylic acids is 2. The molecule has 1 aromatic carbocycles. The number of hydrogen-bond donors (Lipinski definition) is 2. The minimum absolute atomic E-state index is 0.103. The van der Waals surface area contributed by atoms with Crippen molar-refractivity contribution in [2.45, 2.75) is 36.3 Å². The fourth-order valence-corrected chi connectivity index (χ4v) is 4.62. The first kappa shape index (κ1) is 21.9. The van der Waals surface area contributed by atoms with Crippen LogP contribution in [0.4, 0.5) is 0 Å². The third kappa shape index (κ3) is 5.22. The zero-order chi connectivity index (χ0) is 21.8. The highest BCUT2D eigenvalue weighted by atomic mass is 32.2. The van der Waals surface area contributed by atoms with Crippen LogP contribution in [0.1, 0.15) is 29.8 Å². The minimum Gasteiger partial charge on any atom is -0.388 e. The molecular weight excluding hydrogens is 410 g/mol. The smallest absolute Gasteiger partial charge is 0.273 e. The fraction of sp³-hybridized carbons (Fsp3) is 0.474. The summed E-state index contributed by atoms with van der Waals surface area (Å²) in [5.74, 6) is -0.865. The lowest BCUT2D eigenvalue weighted by atomic mass is 9.91. The second kappa shape index (κ2) is 8.92. The number of piperidine rings is 1. The molecule has 1 aromatic heterocycles. The number of hydrogen-bond acceptors (Lipinski definition) is 7. The van der Waals surface area contributed by atoms with E-state index in [2.05, 4.69) is 15.6 Å². The average molecular weight is 436 g/mol. The maximum Gasteiger partial charge on any atom is 0.273 e. The highest BCUT2D eigenvalue weighted by molar-refractivity contribution is 7.91. The first-order chi connectivity index (χ1) is 14.2. The molecule has 0 radical (unpaired) electrons. The van der Waals surface area contributed by atoms with E-state index < -0.39 is 15.4 Å². The number of benzene rings is 1. The molecule has 10 nitrogen and oxygen atoms in total. The number of aromatic nitrogens is 3. The minimum atomic E-state index is -3.51. The summed E-state index contributed by atoms with van der Waals surface area (Å²) < 4.78 is 26.1. The Bertz CT molecular complexity index is 997. The van der Waals surface area contributed by atoms with E-state index in [0.717, 1.165) is 0 Å². The third-order valence-corrected chi connectivity index (χ3v) is 6.92. The first-order valence-corrected chi connectivity index (χ1v) is 11.3. The summed E-state index contributed by atoms with van der Waals surface area (Å²) in [4.78, 5) is 25.8. The van der Waals surface area contributed by atoms with Gasteiger partial charge in [-0.2, -0.15) is 0 Å². The largest absolute Gasteiger partial charge is 0.388 e. The van der Waals surface area contributed by atoms with Crippen LogP contribution in [-0.4, -0.2) is 76.7 Å². The molecule has 0 atom stereocenters. The Morgan fingerprint density at radius 2 is 1.87 bits per heavy atom. The van der Waals surface area contributed by atoms with Gasteiger partial charge in [0, 0.05) is 26.6 Å². The van der Waals surface area contributed by atoms with Crippen molar-refractivity contribution in [3.63, 3.8) is 0 Å². The zero-order valence-electron chi connectivity index (χ0n) is 16.7. The molecule has 0 aliphatic carbocycles. The molecule has 2 N–H and O–H groups in total. The zero-order valence-corrected chi connectivity index (χ0v) is 17.5. The summed E-state index contributed by atoms with van der Waals surface area (Å²) in [6.07, 6.45) is 2.00. The van der Waals surface area contributed by atoms with Crippen LogP contribution >= 0.6 is 0 Å². The summed E-state index contributed by atoms with van der Waals surface area (Å²) in [6.45, 7) is 0.789. The lowest BCUT2D eigenvalue weighted by Crippen LogP contribution is -2.49. The van der Waals surface area contributed by atoms with E-state index in [1.807, 2.05) is 0 Å². The van der Waals surface area contributed by atoms with Crippen molar-refractivity contribution in [3.05, 3.63) is 42.2 Å². The highest BCUT2D eigenvalue weighted by Crippen LogP contribution is 2.24. The molecule has 0 bridgehead atoms. The predicted molar refractivity (Wildman–Crippen MR) is 107 cm³/mol. The van der Waals surface area contributed by atoms with Crippen LogP contribution in [-0.2, 0) is 21.2 Å². The second-order valence-electron chi connectivity index (χ2n) is 7.37. The lowest BCUT2D eigenvalue weighted by Gasteiger charge is -2.38. The van der Waals surface area contributed by atoms with Gasteiger partial charge in [0.25, 0.3) is 5.91 Å². The number of rotatable bonds is 7. The van der Waals surface area contributed by atoms with Crippen LogP contribution in [0.15, 0.2) is 41.4 Å². The Balaban J connectivity index is 1.51. The molecule has 3 rings (SSSR count). The Morgan fingerprint density at radius 1 is 1.20 bits per heavy atom. The summed E-state index contributed by atoms with van der Waals surface area (Å²) in [5.41, 5.74) is -0.922. The summed E-state index contributed by atoms with van der Waals surface area (Å²) >= 11 is 0. The van der Waals surface area contributed by atoms with Crippen molar-refractivity contribution in [3.8, 4) is 0 Å². The molecule has 1 aliphatic rings. The van der Waals surface area contributed by atoms with Crippen LogP contribution in [0.5, 0.6) is 0 Å². The number of aliphatic hydroxyl groups is 1. The van der Waals surface area contributed by atoms with Gasteiger partial charge >= 0.3 is 0 Å². The Morgan fingerprint density at radius 3 is 2.50 bits per heavy atom. The fourth-order valence-electron chi connectivity index (χ4n) is 3.37. The van der Waals surface area contributed by atoms with E-state index in [0.29, 0.717) is 25.9 Å². The van der Waals surface area contributed by atoms with Crippen molar-refractivity contribution < 1.29 is 23.1 Å². The number of nitrogens with zero attached hydrogens (tertiary/aromatic N) is 4. The standard InChI is InChI=1S/C19H25N5O5S/c1-20-18(26)16-13-24(22-21-16)14-19(27)8-10-23(11-9-19)17(25)7-12-30(28,29)15-5-3-2-4-6-15/h2-6,13,27H,7-12,14H2,1H3,(H,20,26). The van der Waals surface area contributed by atoms with Crippen LogP contribution in [0, 0.1) is 0 Å². The van der Waals surface area contributed by atoms with Gasteiger partial charge in [-0.1, -0.05) is 23.4 Å². The predicted octanol–water partition coefficient (Wildman–Crippen LogP) is -0.145. The van der Waals surface area contributed by atoms with Crippen LogP contribution in [0.25, 0.3) is 0 Å². The van der Waals surface area contributed by atoms with Crippen molar-refractivity contribution in [1.82, 2.24) is 25.2 Å². The molecule has 162 valence electrons. The number of carbonyl (C=O) groups is 2. The van der Waals surface area contributed by atoms with Gasteiger partial charge in [0.05, 0.1) is 29.0 Å². The summed E-state index contributed by atoms with van der Waals surface area (Å²) in [6, 6.07) is 8.05. The van der Waals surface area contributed by atoms with Crippen LogP contribution < -0.4 is 5.32 Å². The highest BCUT2D eigenvalue weighted by Gasteiger charge is 2.35. The maximum atomic E-state index is 12.5. The van der Waals surface area contributed by atoms with Crippen molar-refractivity contribution in [2.75, 3.05) is 25.9 Å². The van der Waals surface area contributed by atoms with Crippen molar-refractivity contribution in [1.29, 1.82) is 0 Å². The lowest BCUT2D eigenvalue weighted by molar-refractivity contribution is -0.135. The van der Waals surface area contributed by atoms with Gasteiger partial charge in [-0.05, 0) is 25.0 Å². The molecule has 11 heteroatoms.